The monoisotopic (exact) mass is 614 g/mol. The Morgan fingerprint density at radius 1 is 0.804 bits per heavy atom. The molecule has 3 aliphatic rings. The fourth-order valence-electron chi connectivity index (χ4n) is 7.36. The quantitative estimate of drug-likeness (QED) is 0.163. The number of fused-ring (bicyclic) bond motifs is 6. The lowest BCUT2D eigenvalue weighted by Crippen LogP contribution is -2.49. The van der Waals surface area contributed by atoms with Crippen LogP contribution in [-0.2, 0) is 15.0 Å². The number of carbonyl (C=O) groups is 4. The van der Waals surface area contributed by atoms with E-state index in [1.165, 1.54) is 21.1 Å². The summed E-state index contributed by atoms with van der Waals surface area (Å²) in [5.41, 5.74) is 2.10. The normalized spacial score (nSPS) is 22.0. The Kier molecular flexibility index (Phi) is 6.96. The van der Waals surface area contributed by atoms with Gasteiger partial charge < -0.3 is 24.4 Å². The summed E-state index contributed by atoms with van der Waals surface area (Å²) in [5.74, 6) is -1.65. The van der Waals surface area contributed by atoms with Crippen molar-refractivity contribution in [3.63, 3.8) is 0 Å². The van der Waals surface area contributed by atoms with Gasteiger partial charge >= 0.3 is 5.97 Å². The van der Waals surface area contributed by atoms with E-state index in [1.54, 1.807) is 42.5 Å². The van der Waals surface area contributed by atoms with E-state index in [-0.39, 0.29) is 23.0 Å². The Bertz CT molecular complexity index is 1950. The van der Waals surface area contributed by atoms with Crippen LogP contribution >= 0.6 is 0 Å². The summed E-state index contributed by atoms with van der Waals surface area (Å²) in [6.07, 6.45) is 3.73. The van der Waals surface area contributed by atoms with E-state index in [1.807, 2.05) is 65.7 Å². The second kappa shape index (κ2) is 11.0. The maximum absolute atomic E-state index is 15.1. The zero-order chi connectivity index (χ0) is 32.2. The third-order valence-electron chi connectivity index (χ3n) is 9.19. The van der Waals surface area contributed by atoms with E-state index < -0.39 is 29.4 Å². The van der Waals surface area contributed by atoms with Crippen LogP contribution in [0.2, 0.25) is 0 Å². The maximum Gasteiger partial charge on any atom is 0.308 e. The van der Waals surface area contributed by atoms with Gasteiger partial charge in [-0.15, -0.1) is 0 Å². The van der Waals surface area contributed by atoms with Crippen LogP contribution in [0.1, 0.15) is 50.4 Å². The second-order valence-electron chi connectivity index (χ2n) is 11.5. The van der Waals surface area contributed by atoms with Crippen molar-refractivity contribution in [1.82, 2.24) is 4.90 Å². The number of amides is 1. The number of benzene rings is 4. The SMILES string of the molecule is COc1ccc(C(=O)[C@@H]2[C@H](C(=O)c3ccc(OC(C)=O)cc3)N3C=Cc4ccccc4[C@H]3[C@]23C(=O)Nc2ccccc23)cc1OC. The molecular weight excluding hydrogens is 584 g/mol. The standard InChI is InChI=1S/C37H30N2O7/c1-21(40)46-25-15-12-23(13-16-25)34(42)32-31(33(41)24-14-17-29(44-2)30(20-24)45-3)37(27-10-6-7-11-28(27)38-36(37)43)35-26-9-5-4-8-22(26)18-19-39(32)35/h4-20,31-32,35H,1-3H3,(H,38,43)/t31-,32+,35-,37+/m0/s1. The number of ether oxygens (including phenoxy) is 3. The van der Waals surface area contributed by atoms with E-state index in [9.17, 15) is 14.4 Å². The molecule has 4 atom stereocenters. The Morgan fingerprint density at radius 3 is 2.24 bits per heavy atom. The van der Waals surface area contributed by atoms with Gasteiger partial charge in [-0.05, 0) is 71.3 Å². The van der Waals surface area contributed by atoms with Gasteiger partial charge in [0.2, 0.25) is 5.91 Å². The zero-order valence-corrected chi connectivity index (χ0v) is 25.4. The smallest absolute Gasteiger partial charge is 0.308 e. The lowest BCUT2D eigenvalue weighted by molar-refractivity contribution is -0.131. The van der Waals surface area contributed by atoms with Crippen LogP contribution < -0.4 is 19.5 Å². The summed E-state index contributed by atoms with van der Waals surface area (Å²) >= 11 is 0. The fraction of sp³-hybridized carbons (Fsp3) is 0.189. The van der Waals surface area contributed by atoms with Crippen LogP contribution in [0, 0.1) is 5.92 Å². The highest BCUT2D eigenvalue weighted by molar-refractivity contribution is 6.16. The van der Waals surface area contributed by atoms with Gasteiger partial charge in [-0.25, -0.2) is 0 Å². The summed E-state index contributed by atoms with van der Waals surface area (Å²) < 4.78 is 16.1. The zero-order valence-electron chi connectivity index (χ0n) is 25.4. The number of hydrogen-bond donors (Lipinski definition) is 1. The van der Waals surface area contributed by atoms with E-state index in [2.05, 4.69) is 5.32 Å². The minimum Gasteiger partial charge on any atom is -0.493 e. The average molecular weight is 615 g/mol. The number of methoxy groups -OCH3 is 2. The maximum atomic E-state index is 15.1. The Labute approximate surface area is 265 Å². The molecule has 1 saturated heterocycles. The molecule has 230 valence electrons. The number of nitrogens with one attached hydrogen (secondary N) is 1. The lowest BCUT2D eigenvalue weighted by Gasteiger charge is -2.38. The summed E-state index contributed by atoms with van der Waals surface area (Å²) in [5, 5.41) is 3.05. The number of para-hydroxylation sites is 1. The van der Waals surface area contributed by atoms with E-state index in [4.69, 9.17) is 14.2 Å². The van der Waals surface area contributed by atoms with Crippen LogP contribution in [0.25, 0.3) is 6.08 Å². The Hall–Kier alpha value is -5.70. The molecule has 3 heterocycles. The summed E-state index contributed by atoms with van der Waals surface area (Å²) in [7, 11) is 2.99. The van der Waals surface area contributed by atoms with Crippen LogP contribution in [-0.4, -0.2) is 48.6 Å². The molecule has 4 aromatic rings. The molecule has 1 N–H and O–H groups in total. The molecule has 0 aromatic heterocycles. The molecule has 0 unspecified atom stereocenters. The molecular formula is C37H30N2O7. The molecule has 7 rings (SSSR count). The minimum atomic E-state index is -1.47. The van der Waals surface area contributed by atoms with Gasteiger partial charge in [-0.1, -0.05) is 42.5 Å². The topological polar surface area (TPSA) is 111 Å². The molecule has 1 amide bonds. The van der Waals surface area contributed by atoms with Gasteiger partial charge in [0.25, 0.3) is 0 Å². The van der Waals surface area contributed by atoms with E-state index in [0.717, 1.165) is 11.1 Å². The first-order chi connectivity index (χ1) is 22.3. The summed E-state index contributed by atoms with van der Waals surface area (Å²) in [6, 6.07) is 24.4. The third kappa shape index (κ3) is 4.23. The van der Waals surface area contributed by atoms with Gasteiger partial charge in [0.1, 0.15) is 17.2 Å². The number of carbonyl (C=O) groups excluding carboxylic acids is 4. The molecule has 9 nitrogen and oxygen atoms in total. The van der Waals surface area contributed by atoms with Crippen molar-refractivity contribution in [1.29, 1.82) is 0 Å². The van der Waals surface area contributed by atoms with Crippen molar-refractivity contribution in [2.45, 2.75) is 24.4 Å². The molecule has 46 heavy (non-hydrogen) atoms. The summed E-state index contributed by atoms with van der Waals surface area (Å²) in [6.45, 7) is 1.30. The third-order valence-corrected chi connectivity index (χ3v) is 9.19. The number of hydrogen-bond acceptors (Lipinski definition) is 8. The number of rotatable bonds is 7. The second-order valence-corrected chi connectivity index (χ2v) is 11.5. The van der Waals surface area contributed by atoms with Crippen molar-refractivity contribution in [3.8, 4) is 17.2 Å². The van der Waals surface area contributed by atoms with Gasteiger partial charge in [0, 0.05) is 29.9 Å². The van der Waals surface area contributed by atoms with Crippen LogP contribution in [0.5, 0.6) is 17.2 Å². The molecule has 0 bridgehead atoms. The van der Waals surface area contributed by atoms with Gasteiger partial charge in [0.05, 0.1) is 26.2 Å². The van der Waals surface area contributed by atoms with Crippen molar-refractivity contribution in [2.75, 3.05) is 19.5 Å². The van der Waals surface area contributed by atoms with Crippen molar-refractivity contribution < 1.29 is 33.4 Å². The van der Waals surface area contributed by atoms with E-state index >= 15 is 4.79 Å². The molecule has 1 fully saturated rings. The molecule has 3 aliphatic heterocycles. The first kappa shape index (κ1) is 29.0. The van der Waals surface area contributed by atoms with Gasteiger partial charge in [-0.3, -0.25) is 19.2 Å². The van der Waals surface area contributed by atoms with Crippen molar-refractivity contribution in [2.24, 2.45) is 5.92 Å². The Balaban J connectivity index is 1.48. The van der Waals surface area contributed by atoms with Crippen LogP contribution in [0.15, 0.2) is 97.2 Å². The predicted molar refractivity (Wildman–Crippen MR) is 170 cm³/mol. The Morgan fingerprint density at radius 2 is 1.50 bits per heavy atom. The minimum absolute atomic E-state index is 0.277. The van der Waals surface area contributed by atoms with Gasteiger partial charge in [-0.2, -0.15) is 0 Å². The van der Waals surface area contributed by atoms with Gasteiger partial charge in [0.15, 0.2) is 23.1 Å². The predicted octanol–water partition coefficient (Wildman–Crippen LogP) is 5.61. The number of nitrogens with zero attached hydrogens (tertiary/aromatic N) is 1. The fourth-order valence-corrected chi connectivity index (χ4v) is 7.36. The lowest BCUT2D eigenvalue weighted by atomic mass is 9.62. The molecule has 0 aliphatic carbocycles. The molecule has 4 aromatic carbocycles. The highest BCUT2D eigenvalue weighted by Crippen LogP contribution is 2.62. The first-order valence-electron chi connectivity index (χ1n) is 14.8. The molecule has 0 saturated carbocycles. The average Bonchev–Trinajstić information content (AvgIpc) is 3.55. The first-order valence-corrected chi connectivity index (χ1v) is 14.8. The van der Waals surface area contributed by atoms with Crippen LogP contribution in [0.3, 0.4) is 0 Å². The summed E-state index contributed by atoms with van der Waals surface area (Å²) in [4.78, 5) is 57.8. The molecule has 9 heteroatoms. The van der Waals surface area contributed by atoms with Crippen molar-refractivity contribution >= 4 is 35.2 Å². The van der Waals surface area contributed by atoms with Crippen molar-refractivity contribution in [3.05, 3.63) is 125 Å². The molecule has 0 radical (unpaired) electrons. The number of anilines is 1. The number of esters is 1. The largest absolute Gasteiger partial charge is 0.493 e. The molecule has 1 spiro atoms. The highest BCUT2D eigenvalue weighted by atomic mass is 16.5. The number of Topliss-reactive ketones (excluding diaryl/α,β-unsaturated/α-hetero) is 2. The van der Waals surface area contributed by atoms with Crippen LogP contribution in [0.4, 0.5) is 5.69 Å². The van der Waals surface area contributed by atoms with E-state index in [0.29, 0.717) is 34.1 Å². The number of ketones is 2. The highest BCUT2D eigenvalue weighted by Gasteiger charge is 2.70.